The molecule has 0 atom stereocenters. The van der Waals surface area contributed by atoms with Crippen LogP contribution in [0.4, 0.5) is 74.6 Å². The fraction of sp³-hybridized carbons (Fsp3) is 0.889. The van der Waals surface area contributed by atoms with Crippen molar-refractivity contribution in [2.24, 2.45) is 0 Å². The van der Waals surface area contributed by atoms with Gasteiger partial charge in [0.2, 0.25) is 0 Å². The van der Waals surface area contributed by atoms with Crippen molar-refractivity contribution in [3.8, 4) is 0 Å². The second kappa shape index (κ2) is 7.45. The Kier molecular flexibility index (Phi) is 7.83. The number of alkyl halides is 17. The molecule has 0 unspecified atom stereocenters. The molecule has 0 saturated heterocycles. The quantitative estimate of drug-likeness (QED) is 0.426. The fourth-order valence-corrected chi connectivity index (χ4v) is 1.30. The van der Waals surface area contributed by atoms with Gasteiger partial charge in [-0.25, -0.2) is 4.79 Å². The summed E-state index contributed by atoms with van der Waals surface area (Å²) in [5.41, 5.74) is 0. The van der Waals surface area contributed by atoms with Gasteiger partial charge in [0.05, 0.1) is 0 Å². The summed E-state index contributed by atoms with van der Waals surface area (Å²) in [6.45, 7) is 0. The molecule has 0 bridgehead atoms. The van der Waals surface area contributed by atoms with E-state index in [1.807, 2.05) is 0 Å². The molecule has 170 valence electrons. The second-order valence-electron chi connectivity index (χ2n) is 4.82. The third-order valence-corrected chi connectivity index (χ3v) is 2.99. The van der Waals surface area contributed by atoms with Crippen LogP contribution >= 0.6 is 0 Å². The number of rotatable bonds is 7. The van der Waals surface area contributed by atoms with Crippen LogP contribution in [0.5, 0.6) is 0 Å². The van der Waals surface area contributed by atoms with Gasteiger partial charge in [-0.2, -0.15) is 74.6 Å². The molecular formula is C9H2F17NaO2. The van der Waals surface area contributed by atoms with Crippen molar-refractivity contribution in [2.45, 2.75) is 47.6 Å². The molecule has 0 radical (unpaired) electrons. The molecule has 0 aromatic rings. The molecule has 0 heterocycles. The van der Waals surface area contributed by atoms with E-state index >= 15 is 0 Å². The van der Waals surface area contributed by atoms with Crippen LogP contribution in [0.25, 0.3) is 0 Å². The molecule has 20 heteroatoms. The first kappa shape index (κ1) is 30.5. The Balaban J connectivity index is 0. The standard InChI is InChI=1S/C9HF17O2.Na.H/c10-2(11,1(27)28)3(12,13)4(14,15)5(16,17)6(18,19)7(20,21)8(22,23)9(24,25)26;;/h(H,27,28);;. The Hall–Kier alpha value is -0.720. The first-order valence-corrected chi connectivity index (χ1v) is 5.64. The molecule has 0 fully saturated rings. The van der Waals surface area contributed by atoms with Crippen molar-refractivity contribution in [2.75, 3.05) is 0 Å². The number of aliphatic carboxylic acids is 1. The van der Waals surface area contributed by atoms with E-state index < -0.39 is 53.6 Å². The van der Waals surface area contributed by atoms with Crippen molar-refractivity contribution in [1.29, 1.82) is 0 Å². The Bertz CT molecular complexity index is 621. The molecule has 0 aromatic carbocycles. The summed E-state index contributed by atoms with van der Waals surface area (Å²) in [5, 5.41) is 7.59. The van der Waals surface area contributed by atoms with Crippen LogP contribution in [0.3, 0.4) is 0 Å². The first-order valence-electron chi connectivity index (χ1n) is 5.64. The van der Waals surface area contributed by atoms with Crippen molar-refractivity contribution in [3.05, 3.63) is 0 Å². The fourth-order valence-electron chi connectivity index (χ4n) is 1.30. The molecule has 0 aliphatic carbocycles. The number of carboxylic acid groups (broad SMARTS) is 1. The Labute approximate surface area is 168 Å². The SMILES string of the molecule is O=C(O)C(F)(F)C(F)(F)C(F)(F)C(F)(F)C(F)(F)C(F)(F)C(F)(F)C(F)(F)F.[NaH]. The van der Waals surface area contributed by atoms with E-state index in [1.165, 1.54) is 0 Å². The van der Waals surface area contributed by atoms with Crippen LogP contribution in [-0.4, -0.2) is 88.3 Å². The molecule has 1 N–H and O–H groups in total. The van der Waals surface area contributed by atoms with E-state index in [1.54, 1.807) is 0 Å². The third-order valence-electron chi connectivity index (χ3n) is 2.99. The predicted molar refractivity (Wildman–Crippen MR) is 55.5 cm³/mol. The molecule has 0 aliphatic heterocycles. The van der Waals surface area contributed by atoms with Crippen molar-refractivity contribution in [3.63, 3.8) is 0 Å². The number of hydrogen-bond donors (Lipinski definition) is 1. The van der Waals surface area contributed by atoms with Gasteiger partial charge in [0.15, 0.2) is 0 Å². The normalized spacial score (nSPS) is 15.8. The topological polar surface area (TPSA) is 37.3 Å². The Morgan fingerprint density at radius 3 is 0.862 bits per heavy atom. The van der Waals surface area contributed by atoms with E-state index in [4.69, 9.17) is 5.11 Å². The molecule has 0 amide bonds. The van der Waals surface area contributed by atoms with Gasteiger partial charge in [0, 0.05) is 0 Å². The summed E-state index contributed by atoms with van der Waals surface area (Å²) >= 11 is 0. The van der Waals surface area contributed by atoms with Gasteiger partial charge in [-0.3, -0.25) is 0 Å². The number of carboxylic acids is 1. The average molecular weight is 488 g/mol. The van der Waals surface area contributed by atoms with Crippen LogP contribution in [0.2, 0.25) is 0 Å². The van der Waals surface area contributed by atoms with Gasteiger partial charge >= 0.3 is 83.2 Å². The average Bonchev–Trinajstić information content (AvgIpc) is 2.44. The van der Waals surface area contributed by atoms with Crippen LogP contribution in [-0.2, 0) is 4.79 Å². The second-order valence-corrected chi connectivity index (χ2v) is 4.82. The van der Waals surface area contributed by atoms with Gasteiger partial charge in [-0.05, 0) is 0 Å². The summed E-state index contributed by atoms with van der Waals surface area (Å²) in [5.74, 6) is -62.9. The number of hydrogen-bond acceptors (Lipinski definition) is 1. The summed E-state index contributed by atoms with van der Waals surface area (Å²) in [6, 6.07) is 0. The summed E-state index contributed by atoms with van der Waals surface area (Å²) in [6.07, 6.45) is -7.83. The maximum absolute atomic E-state index is 13.0. The molecule has 0 aromatic heterocycles. The molecule has 0 aliphatic rings. The van der Waals surface area contributed by atoms with E-state index in [2.05, 4.69) is 0 Å². The van der Waals surface area contributed by atoms with E-state index in [0.717, 1.165) is 0 Å². The van der Waals surface area contributed by atoms with Crippen LogP contribution in [0.15, 0.2) is 0 Å². The van der Waals surface area contributed by atoms with E-state index in [-0.39, 0.29) is 29.6 Å². The maximum atomic E-state index is 13.0. The van der Waals surface area contributed by atoms with Crippen LogP contribution in [0.1, 0.15) is 0 Å². The first-order chi connectivity index (χ1) is 11.7. The van der Waals surface area contributed by atoms with E-state index in [9.17, 15) is 79.4 Å². The molecule has 0 rings (SSSR count). The van der Waals surface area contributed by atoms with Crippen molar-refractivity contribution in [1.82, 2.24) is 0 Å². The van der Waals surface area contributed by atoms with Gasteiger partial charge in [0.25, 0.3) is 0 Å². The van der Waals surface area contributed by atoms with Crippen LogP contribution < -0.4 is 0 Å². The summed E-state index contributed by atoms with van der Waals surface area (Å²) in [4.78, 5) is 9.77. The number of halogens is 17. The Morgan fingerprint density at radius 2 is 0.655 bits per heavy atom. The zero-order valence-corrected chi connectivity index (χ0v) is 11.8. The summed E-state index contributed by atoms with van der Waals surface area (Å²) in [7, 11) is 0. The van der Waals surface area contributed by atoms with E-state index in [0.29, 0.717) is 0 Å². The summed E-state index contributed by atoms with van der Waals surface area (Å²) < 4.78 is 214. The molecule has 0 saturated carbocycles. The van der Waals surface area contributed by atoms with Gasteiger partial charge < -0.3 is 5.11 Å². The van der Waals surface area contributed by atoms with Gasteiger partial charge in [-0.15, -0.1) is 0 Å². The molecule has 0 spiro atoms. The van der Waals surface area contributed by atoms with Crippen LogP contribution in [0, 0.1) is 0 Å². The molecule has 29 heavy (non-hydrogen) atoms. The zero-order valence-electron chi connectivity index (χ0n) is 11.8. The minimum atomic E-state index is -8.76. The predicted octanol–water partition coefficient (Wildman–Crippen LogP) is 4.43. The van der Waals surface area contributed by atoms with Gasteiger partial charge in [0.1, 0.15) is 0 Å². The third kappa shape index (κ3) is 3.74. The molecular weight excluding hydrogens is 486 g/mol. The Morgan fingerprint density at radius 1 is 0.448 bits per heavy atom. The zero-order chi connectivity index (χ0) is 23.6. The monoisotopic (exact) mass is 488 g/mol. The van der Waals surface area contributed by atoms with Crippen molar-refractivity contribution < 1.29 is 84.5 Å². The number of carbonyl (C=O) groups is 1. The molecule has 2 nitrogen and oxygen atoms in total. The minimum absolute atomic E-state index is 0. The van der Waals surface area contributed by atoms with Crippen molar-refractivity contribution >= 4 is 35.5 Å². The van der Waals surface area contributed by atoms with Gasteiger partial charge in [-0.1, -0.05) is 0 Å².